The fourth-order valence-corrected chi connectivity index (χ4v) is 3.07. The molecule has 6 nitrogen and oxygen atoms in total. The van der Waals surface area contributed by atoms with Crippen LogP contribution in [0.1, 0.15) is 58.3 Å². The summed E-state index contributed by atoms with van der Waals surface area (Å²) in [5, 5.41) is 0. The van der Waals surface area contributed by atoms with Gasteiger partial charge in [-0.3, -0.25) is 9.59 Å². The molecule has 1 rings (SSSR count). The second-order valence-electron chi connectivity index (χ2n) is 6.48. The molecule has 1 unspecified atom stereocenters. The number of Topliss-reactive ketones (excluding diaryl/α,β-unsaturated/α-hetero) is 2. The van der Waals surface area contributed by atoms with Gasteiger partial charge in [-0.05, 0) is 32.6 Å². The van der Waals surface area contributed by atoms with Gasteiger partial charge in [-0.2, -0.15) is 0 Å². The lowest BCUT2D eigenvalue weighted by Gasteiger charge is -2.20. The zero-order valence-corrected chi connectivity index (χ0v) is 16.6. The van der Waals surface area contributed by atoms with Crippen LogP contribution in [0, 0.1) is 0 Å². The first-order chi connectivity index (χ1) is 12.9. The van der Waals surface area contributed by atoms with Crippen LogP contribution in [-0.2, 0) is 28.6 Å². The maximum Gasteiger partial charge on any atom is 0.340 e. The van der Waals surface area contributed by atoms with Crippen LogP contribution in [0.25, 0.3) is 0 Å². The van der Waals surface area contributed by atoms with Crippen LogP contribution in [0.2, 0.25) is 0 Å². The molecule has 0 fully saturated rings. The maximum atomic E-state index is 13.3. The minimum Gasteiger partial charge on any atom is -0.489 e. The van der Waals surface area contributed by atoms with Gasteiger partial charge in [-0.25, -0.2) is 9.18 Å². The van der Waals surface area contributed by atoms with E-state index in [1.807, 2.05) is 0 Å². The molecule has 0 spiro atoms. The SMILES string of the molecule is COC(=O)C(F)CCCCCCCCC1=C(C)C(=O)C(OC)=C(OC)C1=O. The predicted molar refractivity (Wildman–Crippen MR) is 97.6 cm³/mol. The number of hydrogen-bond donors (Lipinski definition) is 0. The van der Waals surface area contributed by atoms with Crippen molar-refractivity contribution >= 4 is 17.5 Å². The summed E-state index contributed by atoms with van der Waals surface area (Å²) in [7, 11) is 3.87. The Labute approximate surface area is 159 Å². The first-order valence-corrected chi connectivity index (χ1v) is 9.22. The van der Waals surface area contributed by atoms with E-state index in [1.165, 1.54) is 21.3 Å². The largest absolute Gasteiger partial charge is 0.489 e. The molecule has 1 aliphatic rings. The Balaban J connectivity index is 2.34. The molecule has 1 aliphatic carbocycles. The maximum absolute atomic E-state index is 13.3. The first-order valence-electron chi connectivity index (χ1n) is 9.22. The average Bonchev–Trinajstić information content (AvgIpc) is 2.67. The number of carbonyl (C=O) groups is 3. The van der Waals surface area contributed by atoms with E-state index in [0.29, 0.717) is 24.0 Å². The molecule has 0 aromatic carbocycles. The molecule has 1 atom stereocenters. The number of esters is 1. The van der Waals surface area contributed by atoms with E-state index < -0.39 is 12.1 Å². The monoisotopic (exact) mass is 384 g/mol. The van der Waals surface area contributed by atoms with E-state index in [0.717, 1.165) is 32.1 Å². The Morgan fingerprint density at radius 3 is 1.96 bits per heavy atom. The molecule has 27 heavy (non-hydrogen) atoms. The number of rotatable bonds is 12. The Kier molecular flexibility index (Phi) is 9.75. The van der Waals surface area contributed by atoms with Gasteiger partial charge in [-0.15, -0.1) is 0 Å². The Hall–Kier alpha value is -2.18. The minimum absolute atomic E-state index is 0.0329. The van der Waals surface area contributed by atoms with E-state index in [2.05, 4.69) is 4.74 Å². The zero-order valence-electron chi connectivity index (χ0n) is 16.6. The third-order valence-electron chi connectivity index (χ3n) is 4.69. The smallest absolute Gasteiger partial charge is 0.340 e. The number of carbonyl (C=O) groups excluding carboxylic acids is 3. The van der Waals surface area contributed by atoms with E-state index in [1.54, 1.807) is 6.92 Å². The molecule has 0 radical (unpaired) electrons. The Morgan fingerprint density at radius 2 is 1.41 bits per heavy atom. The summed E-state index contributed by atoms with van der Waals surface area (Å²) in [6.45, 7) is 1.63. The minimum atomic E-state index is -1.54. The molecule has 0 bridgehead atoms. The highest BCUT2D eigenvalue weighted by Crippen LogP contribution is 2.28. The third-order valence-corrected chi connectivity index (χ3v) is 4.69. The predicted octanol–water partition coefficient (Wildman–Crippen LogP) is 3.59. The Bertz CT molecular complexity index is 620. The van der Waals surface area contributed by atoms with Gasteiger partial charge in [0.05, 0.1) is 21.3 Å². The van der Waals surface area contributed by atoms with E-state index >= 15 is 0 Å². The highest BCUT2D eigenvalue weighted by Gasteiger charge is 2.34. The highest BCUT2D eigenvalue weighted by atomic mass is 19.1. The molecular weight excluding hydrogens is 355 g/mol. The van der Waals surface area contributed by atoms with Crippen LogP contribution in [0.4, 0.5) is 4.39 Å². The molecular formula is C20H29FO6. The normalized spacial score (nSPS) is 15.9. The van der Waals surface area contributed by atoms with Crippen molar-refractivity contribution < 1.29 is 33.0 Å². The lowest BCUT2D eigenvalue weighted by atomic mass is 9.89. The van der Waals surface area contributed by atoms with Crippen LogP contribution in [0.3, 0.4) is 0 Å². The lowest BCUT2D eigenvalue weighted by Crippen LogP contribution is -2.25. The number of ether oxygens (including phenoxy) is 3. The van der Waals surface area contributed by atoms with Crippen LogP contribution < -0.4 is 0 Å². The highest BCUT2D eigenvalue weighted by molar-refractivity contribution is 6.23. The zero-order chi connectivity index (χ0) is 20.4. The van der Waals surface area contributed by atoms with Crippen molar-refractivity contribution in [3.63, 3.8) is 0 Å². The summed E-state index contributed by atoms with van der Waals surface area (Å²) >= 11 is 0. The third kappa shape index (κ3) is 6.19. The van der Waals surface area contributed by atoms with E-state index in [9.17, 15) is 18.8 Å². The summed E-state index contributed by atoms with van der Waals surface area (Å²) in [5.41, 5.74) is 0.894. The van der Waals surface area contributed by atoms with Gasteiger partial charge < -0.3 is 14.2 Å². The molecule has 0 aromatic heterocycles. The number of halogens is 1. The van der Waals surface area contributed by atoms with Crippen LogP contribution in [0.5, 0.6) is 0 Å². The van der Waals surface area contributed by atoms with Gasteiger partial charge in [-0.1, -0.05) is 25.7 Å². The summed E-state index contributed by atoms with van der Waals surface area (Å²) in [6, 6.07) is 0. The second kappa shape index (κ2) is 11.5. The molecule has 0 N–H and O–H groups in total. The number of methoxy groups -OCH3 is 3. The van der Waals surface area contributed by atoms with Gasteiger partial charge >= 0.3 is 5.97 Å². The Morgan fingerprint density at radius 1 is 0.889 bits per heavy atom. The number of allylic oxidation sites excluding steroid dienone is 2. The summed E-state index contributed by atoms with van der Waals surface area (Å²) in [5.74, 6) is -1.48. The summed E-state index contributed by atoms with van der Waals surface area (Å²) in [4.78, 5) is 35.7. The van der Waals surface area contributed by atoms with Crippen molar-refractivity contribution in [3.8, 4) is 0 Å². The fraction of sp³-hybridized carbons (Fsp3) is 0.650. The molecule has 0 aliphatic heterocycles. The molecule has 7 heteroatoms. The van der Waals surface area contributed by atoms with Crippen molar-refractivity contribution in [2.24, 2.45) is 0 Å². The molecule has 152 valence electrons. The van der Waals surface area contributed by atoms with E-state index in [4.69, 9.17) is 9.47 Å². The number of hydrogen-bond acceptors (Lipinski definition) is 6. The molecule has 0 aromatic rings. The van der Waals surface area contributed by atoms with Crippen LogP contribution in [0.15, 0.2) is 22.7 Å². The van der Waals surface area contributed by atoms with Gasteiger partial charge in [0, 0.05) is 11.1 Å². The van der Waals surface area contributed by atoms with Crippen molar-refractivity contribution in [1.82, 2.24) is 0 Å². The number of ketones is 2. The molecule has 0 saturated carbocycles. The average molecular weight is 384 g/mol. The quantitative estimate of drug-likeness (QED) is 0.291. The van der Waals surface area contributed by atoms with Gasteiger partial charge in [0.1, 0.15) is 0 Å². The second-order valence-corrected chi connectivity index (χ2v) is 6.48. The van der Waals surface area contributed by atoms with Gasteiger partial charge in [0.25, 0.3) is 0 Å². The van der Waals surface area contributed by atoms with Crippen LogP contribution >= 0.6 is 0 Å². The van der Waals surface area contributed by atoms with Crippen molar-refractivity contribution in [2.45, 2.75) is 64.5 Å². The van der Waals surface area contributed by atoms with E-state index in [-0.39, 0.29) is 29.5 Å². The summed E-state index contributed by atoms with van der Waals surface area (Å²) < 4.78 is 27.7. The molecule has 0 heterocycles. The van der Waals surface area contributed by atoms with Crippen LogP contribution in [-0.4, -0.2) is 45.0 Å². The summed E-state index contributed by atoms with van der Waals surface area (Å²) in [6.07, 6.45) is 4.17. The number of unbranched alkanes of at least 4 members (excludes halogenated alkanes) is 5. The number of alkyl halides is 1. The first kappa shape index (κ1) is 22.9. The van der Waals surface area contributed by atoms with Crippen molar-refractivity contribution in [3.05, 3.63) is 22.7 Å². The van der Waals surface area contributed by atoms with Crippen molar-refractivity contribution in [2.75, 3.05) is 21.3 Å². The fourth-order valence-electron chi connectivity index (χ4n) is 3.07. The molecule has 0 amide bonds. The van der Waals surface area contributed by atoms with Crippen molar-refractivity contribution in [1.29, 1.82) is 0 Å². The molecule has 0 saturated heterocycles. The van der Waals surface area contributed by atoms with Gasteiger partial charge in [0.2, 0.25) is 23.1 Å². The standard InChI is InChI=1S/C20H29FO6/c1-13-14(17(23)19(26-3)18(25-2)16(13)22)11-9-7-5-6-8-10-12-15(21)20(24)27-4/h15H,5-12H2,1-4H3. The lowest BCUT2D eigenvalue weighted by molar-refractivity contribution is -0.146. The van der Waals surface area contributed by atoms with Gasteiger partial charge in [0.15, 0.2) is 6.17 Å². The topological polar surface area (TPSA) is 78.9 Å².